The predicted octanol–water partition coefficient (Wildman–Crippen LogP) is 3.98. The minimum atomic E-state index is -1.11. The SMILES string of the molecule is CC1(C)Oc2ccc3ccc(=O)oc3c2/C(=C/c2ccc([N+](=O)[O-])cc2)C1=O. The zero-order valence-corrected chi connectivity index (χ0v) is 15.1. The molecule has 2 heterocycles. The van der Waals surface area contributed by atoms with Crippen LogP contribution < -0.4 is 10.4 Å². The van der Waals surface area contributed by atoms with Crippen molar-refractivity contribution in [2.24, 2.45) is 0 Å². The van der Waals surface area contributed by atoms with Crippen LogP contribution >= 0.6 is 0 Å². The third kappa shape index (κ3) is 2.87. The molecule has 0 saturated carbocycles. The third-order valence-corrected chi connectivity index (χ3v) is 4.59. The fraction of sp³-hybridized carbons (Fsp3) is 0.143. The Labute approximate surface area is 159 Å². The molecular weight excluding hydrogens is 362 g/mol. The van der Waals surface area contributed by atoms with Gasteiger partial charge >= 0.3 is 5.63 Å². The van der Waals surface area contributed by atoms with E-state index in [2.05, 4.69) is 0 Å². The Kier molecular flexibility index (Phi) is 3.88. The van der Waals surface area contributed by atoms with E-state index in [1.165, 1.54) is 18.2 Å². The first-order valence-corrected chi connectivity index (χ1v) is 8.53. The highest BCUT2D eigenvalue weighted by Gasteiger charge is 2.40. The van der Waals surface area contributed by atoms with Gasteiger partial charge in [-0.1, -0.05) is 0 Å². The molecule has 7 nitrogen and oxygen atoms in total. The highest BCUT2D eigenvalue weighted by Crippen LogP contribution is 2.42. The quantitative estimate of drug-likeness (QED) is 0.290. The summed E-state index contributed by atoms with van der Waals surface area (Å²) >= 11 is 0. The van der Waals surface area contributed by atoms with Crippen LogP contribution in [0.4, 0.5) is 5.69 Å². The number of nitro benzene ring substituents is 1. The maximum atomic E-state index is 13.1. The van der Waals surface area contributed by atoms with Gasteiger partial charge in [0.2, 0.25) is 5.78 Å². The summed E-state index contributed by atoms with van der Waals surface area (Å²) in [5.74, 6) is 0.150. The molecule has 1 aromatic heterocycles. The van der Waals surface area contributed by atoms with E-state index in [0.717, 1.165) is 0 Å². The van der Waals surface area contributed by atoms with E-state index in [9.17, 15) is 19.7 Å². The number of Topliss-reactive ketones (excluding diaryl/α,β-unsaturated/α-hetero) is 1. The Hall–Kier alpha value is -3.74. The number of ether oxygens (including phenoxy) is 1. The van der Waals surface area contributed by atoms with Gasteiger partial charge in [0.15, 0.2) is 5.60 Å². The van der Waals surface area contributed by atoms with Crippen molar-refractivity contribution >= 4 is 34.1 Å². The second-order valence-electron chi connectivity index (χ2n) is 6.96. The molecule has 0 saturated heterocycles. The van der Waals surface area contributed by atoms with Crippen LogP contribution in [0.15, 0.2) is 57.7 Å². The van der Waals surface area contributed by atoms with Crippen LogP contribution in [0, 0.1) is 10.1 Å². The Bertz CT molecular complexity index is 1220. The van der Waals surface area contributed by atoms with E-state index in [4.69, 9.17) is 9.15 Å². The van der Waals surface area contributed by atoms with Gasteiger partial charge in [-0.15, -0.1) is 0 Å². The van der Waals surface area contributed by atoms with Crippen LogP contribution in [0.1, 0.15) is 25.0 Å². The zero-order valence-electron chi connectivity index (χ0n) is 15.1. The molecule has 0 bridgehead atoms. The summed E-state index contributed by atoms with van der Waals surface area (Å²) in [7, 11) is 0. The fourth-order valence-corrected chi connectivity index (χ4v) is 3.21. The van der Waals surface area contributed by atoms with Gasteiger partial charge in [0, 0.05) is 29.2 Å². The fourth-order valence-electron chi connectivity index (χ4n) is 3.21. The van der Waals surface area contributed by atoms with Crippen LogP contribution in [0.2, 0.25) is 0 Å². The maximum Gasteiger partial charge on any atom is 0.336 e. The first kappa shape index (κ1) is 17.7. The van der Waals surface area contributed by atoms with Crippen molar-refractivity contribution in [3.05, 3.63) is 80.2 Å². The number of non-ortho nitro benzene ring substituents is 1. The first-order valence-electron chi connectivity index (χ1n) is 8.53. The molecule has 140 valence electrons. The van der Waals surface area contributed by atoms with Crippen molar-refractivity contribution in [1.29, 1.82) is 0 Å². The number of hydrogen-bond acceptors (Lipinski definition) is 6. The number of nitro groups is 1. The molecule has 0 amide bonds. The van der Waals surface area contributed by atoms with Gasteiger partial charge in [0.05, 0.1) is 10.5 Å². The minimum Gasteiger partial charge on any atom is -0.479 e. The highest BCUT2D eigenvalue weighted by atomic mass is 16.6. The smallest absolute Gasteiger partial charge is 0.336 e. The van der Waals surface area contributed by atoms with E-state index < -0.39 is 16.1 Å². The van der Waals surface area contributed by atoms with E-state index >= 15 is 0 Å². The number of rotatable bonds is 2. The van der Waals surface area contributed by atoms with Crippen molar-refractivity contribution < 1.29 is 18.9 Å². The predicted molar refractivity (Wildman–Crippen MR) is 103 cm³/mol. The first-order chi connectivity index (χ1) is 13.3. The van der Waals surface area contributed by atoms with Crippen LogP contribution in [-0.2, 0) is 4.79 Å². The van der Waals surface area contributed by atoms with E-state index in [1.807, 2.05) is 0 Å². The van der Waals surface area contributed by atoms with Crippen LogP contribution in [0.3, 0.4) is 0 Å². The molecule has 0 unspecified atom stereocenters. The lowest BCUT2D eigenvalue weighted by atomic mass is 9.86. The number of ketones is 1. The van der Waals surface area contributed by atoms with Gasteiger partial charge in [0.1, 0.15) is 11.3 Å². The van der Waals surface area contributed by atoms with E-state index in [1.54, 1.807) is 50.3 Å². The molecule has 1 aliphatic heterocycles. The van der Waals surface area contributed by atoms with Gasteiger partial charge in [-0.05, 0) is 55.8 Å². The van der Waals surface area contributed by atoms with Gasteiger partial charge in [-0.2, -0.15) is 0 Å². The Balaban J connectivity index is 1.98. The molecule has 0 radical (unpaired) electrons. The standard InChI is InChI=1S/C21H15NO6/c1-21(2)20(24)15(11-12-3-7-14(8-4-12)22(25)26)18-16(28-21)9-5-13-6-10-17(23)27-19(13)18/h3-11H,1-2H3/b15-11-. The molecule has 0 atom stereocenters. The molecule has 3 aromatic rings. The van der Waals surface area contributed by atoms with Crippen molar-refractivity contribution in [2.75, 3.05) is 0 Å². The average molecular weight is 377 g/mol. The second kappa shape index (κ2) is 6.16. The lowest BCUT2D eigenvalue weighted by Gasteiger charge is -2.32. The van der Waals surface area contributed by atoms with E-state index in [0.29, 0.717) is 27.8 Å². The number of hydrogen-bond donors (Lipinski definition) is 0. The number of carbonyl (C=O) groups excluding carboxylic acids is 1. The lowest BCUT2D eigenvalue weighted by Crippen LogP contribution is -2.42. The third-order valence-electron chi connectivity index (χ3n) is 4.59. The lowest BCUT2D eigenvalue weighted by molar-refractivity contribution is -0.384. The summed E-state index contributed by atoms with van der Waals surface area (Å²) in [6.07, 6.45) is 1.63. The van der Waals surface area contributed by atoms with Crippen LogP contribution in [0.25, 0.3) is 22.6 Å². The molecule has 0 aliphatic carbocycles. The summed E-state index contributed by atoms with van der Waals surface area (Å²) in [6, 6.07) is 12.3. The molecule has 4 rings (SSSR count). The molecule has 0 fully saturated rings. The van der Waals surface area contributed by atoms with Gasteiger partial charge in [0.25, 0.3) is 5.69 Å². The Morgan fingerprint density at radius 3 is 2.36 bits per heavy atom. The number of benzene rings is 2. The van der Waals surface area contributed by atoms with Crippen molar-refractivity contribution in [1.82, 2.24) is 0 Å². The average Bonchev–Trinajstić information content (AvgIpc) is 2.65. The molecule has 0 spiro atoms. The van der Waals surface area contributed by atoms with Gasteiger partial charge < -0.3 is 9.15 Å². The molecule has 0 N–H and O–H groups in total. The number of nitrogens with zero attached hydrogens (tertiary/aromatic N) is 1. The molecular formula is C21H15NO6. The zero-order chi connectivity index (χ0) is 20.1. The van der Waals surface area contributed by atoms with Crippen LogP contribution in [0.5, 0.6) is 5.75 Å². The van der Waals surface area contributed by atoms with Gasteiger partial charge in [-0.25, -0.2) is 4.79 Å². The minimum absolute atomic E-state index is 0.0439. The van der Waals surface area contributed by atoms with Crippen molar-refractivity contribution in [3.8, 4) is 5.75 Å². The number of fused-ring (bicyclic) bond motifs is 3. The van der Waals surface area contributed by atoms with Crippen molar-refractivity contribution in [3.63, 3.8) is 0 Å². The molecule has 2 aromatic carbocycles. The van der Waals surface area contributed by atoms with E-state index in [-0.39, 0.29) is 17.1 Å². The summed E-state index contributed by atoms with van der Waals surface area (Å²) < 4.78 is 11.2. The second-order valence-corrected chi connectivity index (χ2v) is 6.96. The van der Waals surface area contributed by atoms with Crippen molar-refractivity contribution in [2.45, 2.75) is 19.4 Å². The summed E-state index contributed by atoms with van der Waals surface area (Å²) in [5, 5.41) is 11.5. The summed E-state index contributed by atoms with van der Waals surface area (Å²) in [5.41, 5.74) is -0.0964. The largest absolute Gasteiger partial charge is 0.479 e. The Morgan fingerprint density at radius 2 is 1.68 bits per heavy atom. The topological polar surface area (TPSA) is 99.7 Å². The normalized spacial score (nSPS) is 16.6. The molecule has 1 aliphatic rings. The monoisotopic (exact) mass is 377 g/mol. The molecule has 28 heavy (non-hydrogen) atoms. The maximum absolute atomic E-state index is 13.1. The van der Waals surface area contributed by atoms with Gasteiger partial charge in [-0.3, -0.25) is 14.9 Å². The van der Waals surface area contributed by atoms with Crippen LogP contribution in [-0.4, -0.2) is 16.3 Å². The molecule has 7 heteroatoms. The summed E-state index contributed by atoms with van der Waals surface area (Å²) in [4.78, 5) is 35.2. The number of carbonyl (C=O) groups is 1. The Morgan fingerprint density at radius 1 is 1.00 bits per heavy atom. The highest BCUT2D eigenvalue weighted by molar-refractivity contribution is 6.32. The summed E-state index contributed by atoms with van der Waals surface area (Å²) in [6.45, 7) is 3.32.